The molecule has 0 fully saturated rings. The van der Waals surface area contributed by atoms with Gasteiger partial charge in [-0.2, -0.15) is 13.2 Å². The summed E-state index contributed by atoms with van der Waals surface area (Å²) in [6.45, 7) is 0.798. The second kappa shape index (κ2) is 10.4. The van der Waals surface area contributed by atoms with E-state index in [1.54, 1.807) is 14.2 Å². The van der Waals surface area contributed by atoms with Crippen LogP contribution < -0.4 is 14.8 Å². The van der Waals surface area contributed by atoms with Crippen molar-refractivity contribution in [3.63, 3.8) is 0 Å². The molecule has 0 heterocycles. The van der Waals surface area contributed by atoms with Crippen LogP contribution in [0.25, 0.3) is 0 Å². The summed E-state index contributed by atoms with van der Waals surface area (Å²) < 4.78 is 50.6. The highest BCUT2D eigenvalue weighted by atomic mass is 32.1. The van der Waals surface area contributed by atoms with Crippen LogP contribution in [0.4, 0.5) is 18.9 Å². The largest absolute Gasteiger partial charge is 0.497 e. The molecule has 0 atom stereocenters. The zero-order valence-corrected chi connectivity index (χ0v) is 18.5. The summed E-state index contributed by atoms with van der Waals surface area (Å²) in [6, 6.07) is 20.2. The topological polar surface area (TPSA) is 33.7 Å². The average Bonchev–Trinajstić information content (AvgIpc) is 2.79. The quantitative estimate of drug-likeness (QED) is 0.430. The third-order valence-electron chi connectivity index (χ3n) is 4.83. The number of para-hydroxylation sites is 1. The summed E-state index contributed by atoms with van der Waals surface area (Å²) in [5, 5.41) is 2.98. The van der Waals surface area contributed by atoms with Crippen molar-refractivity contribution >= 4 is 23.0 Å². The van der Waals surface area contributed by atoms with Crippen LogP contribution in [0.2, 0.25) is 0 Å². The summed E-state index contributed by atoms with van der Waals surface area (Å²) in [5.41, 5.74) is 1.02. The minimum atomic E-state index is -4.49. The lowest BCUT2D eigenvalue weighted by molar-refractivity contribution is -0.136. The number of hydrogen-bond donors (Lipinski definition) is 1. The van der Waals surface area contributed by atoms with Crippen molar-refractivity contribution in [2.75, 3.05) is 19.5 Å². The number of anilines is 1. The number of thiocarbonyl (C=S) groups is 1. The smallest absolute Gasteiger partial charge is 0.418 e. The molecule has 0 aromatic heterocycles. The lowest BCUT2D eigenvalue weighted by Gasteiger charge is -2.27. The molecule has 32 heavy (non-hydrogen) atoms. The van der Waals surface area contributed by atoms with E-state index >= 15 is 0 Å². The molecule has 0 spiro atoms. The van der Waals surface area contributed by atoms with Crippen LogP contribution in [-0.2, 0) is 19.3 Å². The average molecular weight is 461 g/mol. The maximum atomic E-state index is 13.4. The van der Waals surface area contributed by atoms with Crippen molar-refractivity contribution in [2.24, 2.45) is 0 Å². The Balaban J connectivity index is 1.85. The van der Waals surface area contributed by atoms with Crippen molar-refractivity contribution in [2.45, 2.75) is 19.3 Å². The molecule has 0 aliphatic rings. The first-order chi connectivity index (χ1) is 15.3. The minimum Gasteiger partial charge on any atom is -0.497 e. The highest BCUT2D eigenvalue weighted by Gasteiger charge is 2.33. The second-order valence-corrected chi connectivity index (χ2v) is 7.41. The molecule has 3 rings (SSSR count). The molecule has 0 unspecified atom stereocenters. The highest BCUT2D eigenvalue weighted by molar-refractivity contribution is 7.80. The predicted molar refractivity (Wildman–Crippen MR) is 123 cm³/mol. The molecular formula is C24H23F3N2O2S. The number of benzene rings is 3. The Labute approximate surface area is 190 Å². The number of nitrogens with zero attached hydrogens (tertiary/aromatic N) is 1. The van der Waals surface area contributed by atoms with Crippen molar-refractivity contribution < 1.29 is 22.6 Å². The third-order valence-corrected chi connectivity index (χ3v) is 5.19. The van der Waals surface area contributed by atoms with Crippen LogP contribution in [0.5, 0.6) is 11.5 Å². The lowest BCUT2D eigenvalue weighted by Crippen LogP contribution is -2.34. The van der Waals surface area contributed by atoms with Gasteiger partial charge in [0.05, 0.1) is 25.5 Å². The summed E-state index contributed by atoms with van der Waals surface area (Å²) in [4.78, 5) is 1.81. The van der Waals surface area contributed by atoms with Crippen LogP contribution in [0.15, 0.2) is 72.8 Å². The van der Waals surface area contributed by atoms with Gasteiger partial charge in [0, 0.05) is 13.1 Å². The molecule has 0 saturated heterocycles. The van der Waals surface area contributed by atoms with Gasteiger partial charge in [0.1, 0.15) is 11.5 Å². The molecule has 168 valence electrons. The fourth-order valence-electron chi connectivity index (χ4n) is 3.14. The summed E-state index contributed by atoms with van der Waals surface area (Å²) >= 11 is 5.53. The molecule has 3 aromatic carbocycles. The Bertz CT molecular complexity index is 989. The molecule has 1 N–H and O–H groups in total. The van der Waals surface area contributed by atoms with Gasteiger partial charge in [-0.3, -0.25) is 0 Å². The molecule has 0 bridgehead atoms. The molecule has 3 aromatic rings. The van der Waals surface area contributed by atoms with Crippen LogP contribution in [0.1, 0.15) is 16.7 Å². The van der Waals surface area contributed by atoms with E-state index in [9.17, 15) is 13.2 Å². The molecule has 0 amide bonds. The number of alkyl halides is 3. The summed E-state index contributed by atoms with van der Waals surface area (Å²) in [5.74, 6) is 1.44. The van der Waals surface area contributed by atoms with E-state index in [0.29, 0.717) is 13.1 Å². The fraction of sp³-hybridized carbons (Fsp3) is 0.208. The van der Waals surface area contributed by atoms with Crippen LogP contribution in [0.3, 0.4) is 0 Å². The van der Waals surface area contributed by atoms with Gasteiger partial charge in [-0.15, -0.1) is 0 Å². The van der Waals surface area contributed by atoms with Gasteiger partial charge in [0.15, 0.2) is 5.11 Å². The van der Waals surface area contributed by atoms with Gasteiger partial charge in [0.2, 0.25) is 0 Å². The normalized spacial score (nSPS) is 11.0. The van der Waals surface area contributed by atoms with Crippen molar-refractivity contribution in [3.05, 3.63) is 89.5 Å². The first-order valence-electron chi connectivity index (χ1n) is 9.78. The Morgan fingerprint density at radius 2 is 1.28 bits per heavy atom. The zero-order chi connectivity index (χ0) is 23.1. The molecule has 0 aliphatic heterocycles. The van der Waals surface area contributed by atoms with Crippen molar-refractivity contribution in [1.29, 1.82) is 0 Å². The zero-order valence-electron chi connectivity index (χ0n) is 17.6. The Kier molecular flexibility index (Phi) is 7.58. The molecule has 0 saturated carbocycles. The first kappa shape index (κ1) is 23.4. The van der Waals surface area contributed by atoms with E-state index in [4.69, 9.17) is 21.7 Å². The van der Waals surface area contributed by atoms with E-state index in [1.807, 2.05) is 53.4 Å². The predicted octanol–water partition coefficient (Wildman–Crippen LogP) is 6.12. The standard InChI is InChI=1S/C24H23F3N2O2S/c1-30-19-11-7-17(8-12-19)15-29(16-18-9-13-20(31-2)14-10-18)23(32)28-22-6-4-3-5-21(22)24(25,26)27/h3-14H,15-16H2,1-2H3,(H,28,32). The van der Waals surface area contributed by atoms with E-state index in [-0.39, 0.29) is 10.8 Å². The van der Waals surface area contributed by atoms with E-state index < -0.39 is 11.7 Å². The Morgan fingerprint density at radius 1 is 0.812 bits per heavy atom. The lowest BCUT2D eigenvalue weighted by atomic mass is 10.1. The van der Waals surface area contributed by atoms with Gasteiger partial charge < -0.3 is 19.7 Å². The molecule has 0 radical (unpaired) electrons. The van der Waals surface area contributed by atoms with Crippen LogP contribution in [0, 0.1) is 0 Å². The van der Waals surface area contributed by atoms with Gasteiger partial charge in [0.25, 0.3) is 0 Å². The van der Waals surface area contributed by atoms with Crippen LogP contribution in [-0.4, -0.2) is 24.2 Å². The van der Waals surface area contributed by atoms with Gasteiger partial charge in [-0.1, -0.05) is 36.4 Å². The van der Waals surface area contributed by atoms with Crippen molar-refractivity contribution in [3.8, 4) is 11.5 Å². The summed E-state index contributed by atoms with van der Waals surface area (Å²) in [6.07, 6.45) is -4.49. The number of halogens is 3. The summed E-state index contributed by atoms with van der Waals surface area (Å²) in [7, 11) is 3.17. The fourth-order valence-corrected chi connectivity index (χ4v) is 3.37. The number of rotatable bonds is 7. The van der Waals surface area contributed by atoms with Crippen LogP contribution >= 0.6 is 12.2 Å². The highest BCUT2D eigenvalue weighted by Crippen LogP contribution is 2.34. The molecule has 4 nitrogen and oxygen atoms in total. The monoisotopic (exact) mass is 460 g/mol. The maximum Gasteiger partial charge on any atom is 0.418 e. The third kappa shape index (κ3) is 6.13. The first-order valence-corrected chi connectivity index (χ1v) is 10.2. The number of methoxy groups -OCH3 is 2. The number of ether oxygens (including phenoxy) is 2. The maximum absolute atomic E-state index is 13.4. The number of hydrogen-bond acceptors (Lipinski definition) is 3. The molecule has 0 aliphatic carbocycles. The van der Waals surface area contributed by atoms with Gasteiger partial charge >= 0.3 is 6.18 Å². The minimum absolute atomic E-state index is 0.0838. The number of nitrogens with one attached hydrogen (secondary N) is 1. The SMILES string of the molecule is COc1ccc(CN(Cc2ccc(OC)cc2)C(=S)Nc2ccccc2C(F)(F)F)cc1. The van der Waals surface area contributed by atoms with Crippen molar-refractivity contribution in [1.82, 2.24) is 4.90 Å². The van der Waals surface area contributed by atoms with E-state index in [0.717, 1.165) is 28.7 Å². The van der Waals surface area contributed by atoms with E-state index in [1.165, 1.54) is 18.2 Å². The van der Waals surface area contributed by atoms with Gasteiger partial charge in [-0.05, 0) is 59.7 Å². The Hall–Kier alpha value is -3.26. The molecule has 8 heteroatoms. The second-order valence-electron chi connectivity index (χ2n) is 7.03. The Morgan fingerprint density at radius 3 is 1.72 bits per heavy atom. The van der Waals surface area contributed by atoms with E-state index in [2.05, 4.69) is 5.32 Å². The van der Waals surface area contributed by atoms with Gasteiger partial charge in [-0.25, -0.2) is 0 Å². The molecular weight excluding hydrogens is 437 g/mol.